The van der Waals surface area contributed by atoms with Crippen molar-refractivity contribution >= 4 is 23.3 Å². The Bertz CT molecular complexity index is 923. The summed E-state index contributed by atoms with van der Waals surface area (Å²) < 4.78 is 5.42. The number of carbonyl (C=O) groups excluding carboxylic acids is 1. The molecule has 1 saturated heterocycles. The Morgan fingerprint density at radius 1 is 1.11 bits per heavy atom. The van der Waals surface area contributed by atoms with Gasteiger partial charge in [-0.2, -0.15) is 0 Å². The molecular weight excluding hydrogens is 354 g/mol. The van der Waals surface area contributed by atoms with Crippen LogP contribution in [0, 0.1) is 0 Å². The third-order valence-electron chi connectivity index (χ3n) is 6.24. The zero-order chi connectivity index (χ0) is 18.4. The summed E-state index contributed by atoms with van der Waals surface area (Å²) in [5.41, 5.74) is 4.42. The summed E-state index contributed by atoms with van der Waals surface area (Å²) in [6.07, 6.45) is 3.01. The maximum Gasteiger partial charge on any atom is 0.331 e. The molecule has 3 aliphatic rings. The lowest BCUT2D eigenvalue weighted by Gasteiger charge is -2.45. The molecule has 2 atom stereocenters. The van der Waals surface area contributed by atoms with Crippen LogP contribution in [0.4, 0.5) is 0 Å². The van der Waals surface area contributed by atoms with Gasteiger partial charge in [0.15, 0.2) is 0 Å². The second-order valence-electron chi connectivity index (χ2n) is 7.50. The fourth-order valence-electron chi connectivity index (χ4n) is 5.23. The average molecular weight is 378 g/mol. The number of benzene rings is 2. The van der Waals surface area contributed by atoms with Crippen molar-refractivity contribution in [1.82, 2.24) is 4.90 Å². The molecule has 0 bridgehead atoms. The predicted octanol–water partition coefficient (Wildman–Crippen LogP) is 4.70. The van der Waals surface area contributed by atoms with Gasteiger partial charge in [-0.3, -0.25) is 4.90 Å². The van der Waals surface area contributed by atoms with Crippen LogP contribution >= 0.6 is 11.8 Å². The van der Waals surface area contributed by atoms with Crippen molar-refractivity contribution in [1.29, 1.82) is 0 Å². The molecule has 138 valence electrons. The third kappa shape index (κ3) is 2.36. The number of piperidine rings is 1. The van der Waals surface area contributed by atoms with Gasteiger partial charge in [0.1, 0.15) is 5.54 Å². The minimum Gasteiger partial charge on any atom is -0.467 e. The normalized spacial score (nSPS) is 26.9. The standard InChI is InChI=1S/C23H23NO2S/c1-26-22(25)23-13-7-8-14-24(23)21-17-11-5-6-12-19(17)27-15-18(21)20(23)16-9-3-2-4-10-16/h2-6,9-12,21H,7-8,13-15H2,1H3/t21-,23+/m1/s1. The van der Waals surface area contributed by atoms with Crippen LogP contribution in [0.5, 0.6) is 0 Å². The molecule has 0 unspecified atom stereocenters. The van der Waals surface area contributed by atoms with Gasteiger partial charge >= 0.3 is 5.97 Å². The number of carbonyl (C=O) groups is 1. The number of hydrogen-bond acceptors (Lipinski definition) is 4. The molecule has 1 fully saturated rings. The van der Waals surface area contributed by atoms with Gasteiger partial charge in [0, 0.05) is 17.2 Å². The molecule has 3 heterocycles. The van der Waals surface area contributed by atoms with E-state index in [-0.39, 0.29) is 12.0 Å². The Labute approximate surface area is 164 Å². The van der Waals surface area contributed by atoms with E-state index < -0.39 is 5.54 Å². The highest BCUT2D eigenvalue weighted by Gasteiger charge is 2.59. The lowest BCUT2D eigenvalue weighted by Crippen LogP contribution is -2.56. The highest BCUT2D eigenvalue weighted by Crippen LogP contribution is 2.58. The summed E-state index contributed by atoms with van der Waals surface area (Å²) in [5.74, 6) is 0.826. The van der Waals surface area contributed by atoms with E-state index in [2.05, 4.69) is 53.4 Å². The van der Waals surface area contributed by atoms with Crippen LogP contribution in [0.1, 0.15) is 36.4 Å². The van der Waals surface area contributed by atoms with E-state index in [4.69, 9.17) is 4.74 Å². The van der Waals surface area contributed by atoms with E-state index in [0.29, 0.717) is 0 Å². The quantitative estimate of drug-likeness (QED) is 0.710. The lowest BCUT2D eigenvalue weighted by atomic mass is 9.78. The van der Waals surface area contributed by atoms with Gasteiger partial charge in [0.25, 0.3) is 0 Å². The molecule has 0 spiro atoms. The van der Waals surface area contributed by atoms with Crippen molar-refractivity contribution in [2.75, 3.05) is 19.4 Å². The van der Waals surface area contributed by atoms with Gasteiger partial charge < -0.3 is 4.74 Å². The summed E-state index contributed by atoms with van der Waals surface area (Å²) in [4.78, 5) is 17.1. The largest absolute Gasteiger partial charge is 0.467 e. The van der Waals surface area contributed by atoms with E-state index >= 15 is 0 Å². The Hall–Kier alpha value is -2.04. The third-order valence-corrected chi connectivity index (χ3v) is 7.37. The van der Waals surface area contributed by atoms with Crippen LogP contribution in [-0.2, 0) is 9.53 Å². The Morgan fingerprint density at radius 2 is 1.89 bits per heavy atom. The lowest BCUT2D eigenvalue weighted by molar-refractivity contribution is -0.153. The molecule has 3 nitrogen and oxygen atoms in total. The zero-order valence-electron chi connectivity index (χ0n) is 15.5. The summed E-state index contributed by atoms with van der Waals surface area (Å²) in [7, 11) is 1.53. The summed E-state index contributed by atoms with van der Waals surface area (Å²) in [5, 5.41) is 0. The number of fused-ring (bicyclic) bond motifs is 5. The van der Waals surface area contributed by atoms with Crippen LogP contribution in [0.3, 0.4) is 0 Å². The molecule has 0 saturated carbocycles. The average Bonchev–Trinajstić information content (AvgIpc) is 3.05. The van der Waals surface area contributed by atoms with Crippen LogP contribution in [-0.4, -0.2) is 35.8 Å². The summed E-state index contributed by atoms with van der Waals surface area (Å²) in [6.45, 7) is 0.929. The number of ether oxygens (including phenoxy) is 1. The van der Waals surface area contributed by atoms with E-state index in [1.807, 2.05) is 17.8 Å². The second kappa shape index (κ2) is 6.54. The SMILES string of the molecule is COC(=O)[C@@]12CCCCN1[C@H]1C(=C2c2ccccc2)CSc2ccccc21. The predicted molar refractivity (Wildman–Crippen MR) is 109 cm³/mol. The molecule has 0 radical (unpaired) electrons. The number of rotatable bonds is 2. The summed E-state index contributed by atoms with van der Waals surface area (Å²) in [6, 6.07) is 19.3. The molecular formula is C23H23NO2S. The first-order chi connectivity index (χ1) is 13.3. The zero-order valence-corrected chi connectivity index (χ0v) is 16.3. The second-order valence-corrected chi connectivity index (χ2v) is 8.51. The molecule has 0 aliphatic carbocycles. The van der Waals surface area contributed by atoms with Gasteiger partial charge in [-0.05, 0) is 47.6 Å². The summed E-state index contributed by atoms with van der Waals surface area (Å²) >= 11 is 1.89. The van der Waals surface area contributed by atoms with Gasteiger partial charge in [-0.25, -0.2) is 4.79 Å². The molecule has 3 aliphatic heterocycles. The van der Waals surface area contributed by atoms with Crippen molar-refractivity contribution in [3.63, 3.8) is 0 Å². The van der Waals surface area contributed by atoms with Gasteiger partial charge in [-0.1, -0.05) is 48.5 Å². The molecule has 4 heteroatoms. The number of methoxy groups -OCH3 is 1. The number of esters is 1. The van der Waals surface area contributed by atoms with Crippen molar-refractivity contribution in [3.05, 3.63) is 71.3 Å². The van der Waals surface area contributed by atoms with Gasteiger partial charge in [0.2, 0.25) is 0 Å². The number of hydrogen-bond donors (Lipinski definition) is 0. The Morgan fingerprint density at radius 3 is 2.70 bits per heavy atom. The highest BCUT2D eigenvalue weighted by molar-refractivity contribution is 7.99. The topological polar surface area (TPSA) is 29.5 Å². The van der Waals surface area contributed by atoms with Crippen LogP contribution in [0.2, 0.25) is 0 Å². The van der Waals surface area contributed by atoms with Crippen LogP contribution in [0.25, 0.3) is 5.57 Å². The van der Waals surface area contributed by atoms with Crippen LogP contribution in [0.15, 0.2) is 65.1 Å². The van der Waals surface area contributed by atoms with E-state index in [1.165, 1.54) is 28.7 Å². The fraction of sp³-hybridized carbons (Fsp3) is 0.348. The molecule has 2 aromatic carbocycles. The highest BCUT2D eigenvalue weighted by atomic mass is 32.2. The first-order valence-corrected chi connectivity index (χ1v) is 10.6. The van der Waals surface area contributed by atoms with E-state index in [9.17, 15) is 4.79 Å². The molecule has 5 rings (SSSR count). The Balaban J connectivity index is 1.80. The van der Waals surface area contributed by atoms with E-state index in [1.54, 1.807) is 0 Å². The minimum atomic E-state index is -0.660. The first kappa shape index (κ1) is 17.1. The number of nitrogens with zero attached hydrogens (tertiary/aromatic N) is 1. The van der Waals surface area contributed by atoms with Crippen molar-refractivity contribution in [2.45, 2.75) is 35.7 Å². The minimum absolute atomic E-state index is 0.106. The van der Waals surface area contributed by atoms with Crippen molar-refractivity contribution in [3.8, 4) is 0 Å². The smallest absolute Gasteiger partial charge is 0.331 e. The number of thioether (sulfide) groups is 1. The van der Waals surface area contributed by atoms with Gasteiger partial charge in [0.05, 0.1) is 13.2 Å². The van der Waals surface area contributed by atoms with Crippen molar-refractivity contribution < 1.29 is 9.53 Å². The first-order valence-electron chi connectivity index (χ1n) is 9.63. The Kier molecular flexibility index (Phi) is 4.14. The molecule has 0 N–H and O–H groups in total. The van der Waals surface area contributed by atoms with Crippen LogP contribution < -0.4 is 0 Å². The molecule has 2 aromatic rings. The van der Waals surface area contributed by atoms with Crippen molar-refractivity contribution in [2.24, 2.45) is 0 Å². The molecule has 0 aromatic heterocycles. The maximum atomic E-state index is 13.3. The fourth-order valence-corrected chi connectivity index (χ4v) is 6.36. The maximum absolute atomic E-state index is 13.3. The molecule has 27 heavy (non-hydrogen) atoms. The van der Waals surface area contributed by atoms with E-state index in [0.717, 1.165) is 37.1 Å². The monoisotopic (exact) mass is 377 g/mol. The molecule has 0 amide bonds. The van der Waals surface area contributed by atoms with Gasteiger partial charge in [-0.15, -0.1) is 11.8 Å².